The van der Waals surface area contributed by atoms with Gasteiger partial charge in [0.1, 0.15) is 0 Å². The summed E-state index contributed by atoms with van der Waals surface area (Å²) in [5, 5.41) is 7.27. The Kier molecular flexibility index (Phi) is 4.91. The summed E-state index contributed by atoms with van der Waals surface area (Å²) in [6.07, 6.45) is 2.03. The predicted molar refractivity (Wildman–Crippen MR) is 89.5 cm³/mol. The molecule has 3 heteroatoms. The highest BCUT2D eigenvalue weighted by Gasteiger charge is 2.08. The highest BCUT2D eigenvalue weighted by molar-refractivity contribution is 6.36. The van der Waals surface area contributed by atoms with Gasteiger partial charge in [0.15, 0.2) is 0 Å². The van der Waals surface area contributed by atoms with Crippen LogP contribution in [0, 0.1) is 0 Å². The summed E-state index contributed by atoms with van der Waals surface area (Å²) < 4.78 is 0. The Morgan fingerprint density at radius 1 is 0.900 bits per heavy atom. The second-order valence-electron chi connectivity index (χ2n) is 4.78. The van der Waals surface area contributed by atoms with Gasteiger partial charge in [-0.15, -0.1) is 0 Å². The van der Waals surface area contributed by atoms with Crippen molar-refractivity contribution >= 4 is 28.7 Å². The molecule has 2 rings (SSSR count). The number of hydrogen-bond acceptors (Lipinski definition) is 2. The minimum absolute atomic E-state index is 0.726. The van der Waals surface area contributed by atoms with E-state index in [9.17, 15) is 0 Å². The molecule has 0 bridgehead atoms. The van der Waals surface area contributed by atoms with Crippen molar-refractivity contribution in [2.24, 2.45) is 0 Å². The van der Waals surface area contributed by atoms with Crippen molar-refractivity contribution in [3.8, 4) is 0 Å². The molecule has 106 valence electrons. The third-order valence-corrected chi connectivity index (χ3v) is 3.86. The van der Waals surface area contributed by atoms with Crippen LogP contribution in [0.1, 0.15) is 25.0 Å². The van der Waals surface area contributed by atoms with Crippen molar-refractivity contribution in [1.29, 1.82) is 0 Å². The van der Waals surface area contributed by atoms with Crippen LogP contribution < -0.4 is 10.6 Å². The highest BCUT2D eigenvalue weighted by atomic mass is 35.5. The summed E-state index contributed by atoms with van der Waals surface area (Å²) in [6, 6.07) is 12.7. The van der Waals surface area contributed by atoms with Gasteiger partial charge < -0.3 is 10.6 Å². The van der Waals surface area contributed by atoms with E-state index in [2.05, 4.69) is 60.9 Å². The zero-order valence-corrected chi connectivity index (χ0v) is 13.0. The van der Waals surface area contributed by atoms with Crippen molar-refractivity contribution in [2.45, 2.75) is 26.7 Å². The number of benzene rings is 2. The largest absolute Gasteiger partial charge is 0.387 e. The molecule has 0 atom stereocenters. The van der Waals surface area contributed by atoms with Crippen LogP contribution in [-0.4, -0.2) is 7.05 Å². The number of rotatable bonds is 5. The third-order valence-electron chi connectivity index (χ3n) is 3.45. The molecule has 0 aliphatic heterocycles. The molecule has 0 radical (unpaired) electrons. The fraction of sp³-hybridized carbons (Fsp3) is 0.294. The molecule has 0 heterocycles. The summed E-state index contributed by atoms with van der Waals surface area (Å²) in [7, 11) is 1.89. The van der Waals surface area contributed by atoms with Gasteiger partial charge in [-0.25, -0.2) is 0 Å². The molecule has 2 aromatic carbocycles. The number of nitrogens with one attached hydrogen (secondary N) is 2. The first kappa shape index (κ1) is 14.7. The van der Waals surface area contributed by atoms with Gasteiger partial charge in [-0.3, -0.25) is 0 Å². The second kappa shape index (κ2) is 6.67. The number of hydrogen-bond donors (Lipinski definition) is 2. The van der Waals surface area contributed by atoms with Crippen molar-refractivity contribution in [3.05, 3.63) is 52.5 Å². The summed E-state index contributed by atoms with van der Waals surface area (Å²) >= 11 is 6.42. The van der Waals surface area contributed by atoms with Crippen molar-refractivity contribution < 1.29 is 0 Å². The second-order valence-corrected chi connectivity index (χ2v) is 5.16. The number of halogens is 1. The summed E-state index contributed by atoms with van der Waals surface area (Å²) in [4.78, 5) is 0. The standard InChI is InChI=1S/C17H21ClN2/c1-4-12-6-8-14(9-7-12)20-16-11-13(5-2)10-15(19-3)17(16)18/h6-11,19-20H,4-5H2,1-3H3. The molecule has 2 nitrogen and oxygen atoms in total. The van der Waals surface area contributed by atoms with Crippen LogP contribution >= 0.6 is 11.6 Å². The molecule has 0 saturated heterocycles. The van der Waals surface area contributed by atoms with E-state index in [1.165, 1.54) is 11.1 Å². The zero-order valence-electron chi connectivity index (χ0n) is 12.3. The monoisotopic (exact) mass is 288 g/mol. The summed E-state index contributed by atoms with van der Waals surface area (Å²) in [5.41, 5.74) is 5.55. The Hall–Kier alpha value is -1.67. The molecular formula is C17H21ClN2. The number of anilines is 3. The Labute approximate surface area is 126 Å². The van der Waals surface area contributed by atoms with Crippen molar-refractivity contribution in [1.82, 2.24) is 0 Å². The van der Waals surface area contributed by atoms with E-state index in [0.717, 1.165) is 34.9 Å². The first-order chi connectivity index (χ1) is 9.67. The van der Waals surface area contributed by atoms with E-state index < -0.39 is 0 Å². The smallest absolute Gasteiger partial charge is 0.0872 e. The van der Waals surface area contributed by atoms with Crippen LogP contribution in [0.4, 0.5) is 17.1 Å². The van der Waals surface area contributed by atoms with E-state index in [1.54, 1.807) is 0 Å². The topological polar surface area (TPSA) is 24.1 Å². The quantitative estimate of drug-likeness (QED) is 0.785. The van der Waals surface area contributed by atoms with Gasteiger partial charge in [0.05, 0.1) is 16.4 Å². The maximum absolute atomic E-state index is 6.42. The lowest BCUT2D eigenvalue weighted by atomic mass is 10.1. The Balaban J connectivity index is 2.31. The van der Waals surface area contributed by atoms with Gasteiger partial charge in [0, 0.05) is 12.7 Å². The minimum atomic E-state index is 0.726. The first-order valence-corrected chi connectivity index (χ1v) is 7.41. The molecule has 0 aromatic heterocycles. The van der Waals surface area contributed by atoms with Gasteiger partial charge >= 0.3 is 0 Å². The van der Waals surface area contributed by atoms with Gasteiger partial charge in [0.2, 0.25) is 0 Å². The maximum Gasteiger partial charge on any atom is 0.0872 e. The Bertz CT molecular complexity index is 576. The summed E-state index contributed by atoms with van der Waals surface area (Å²) in [5.74, 6) is 0. The van der Waals surface area contributed by atoms with E-state index in [0.29, 0.717) is 0 Å². The minimum Gasteiger partial charge on any atom is -0.387 e. The van der Waals surface area contributed by atoms with Crippen molar-refractivity contribution in [2.75, 3.05) is 17.7 Å². The zero-order chi connectivity index (χ0) is 14.5. The van der Waals surface area contributed by atoms with Crippen molar-refractivity contribution in [3.63, 3.8) is 0 Å². The van der Waals surface area contributed by atoms with Crippen LogP contribution in [0.2, 0.25) is 5.02 Å². The molecule has 2 aromatic rings. The van der Waals surface area contributed by atoms with Crippen LogP contribution in [-0.2, 0) is 12.8 Å². The Morgan fingerprint density at radius 2 is 1.50 bits per heavy atom. The molecule has 20 heavy (non-hydrogen) atoms. The number of aryl methyl sites for hydroxylation is 2. The maximum atomic E-state index is 6.42. The lowest BCUT2D eigenvalue weighted by Crippen LogP contribution is -1.98. The fourth-order valence-electron chi connectivity index (χ4n) is 2.14. The molecule has 0 fully saturated rings. The van der Waals surface area contributed by atoms with Crippen LogP contribution in [0.3, 0.4) is 0 Å². The average molecular weight is 289 g/mol. The van der Waals surface area contributed by atoms with Crippen LogP contribution in [0.15, 0.2) is 36.4 Å². The van der Waals surface area contributed by atoms with E-state index in [4.69, 9.17) is 11.6 Å². The lowest BCUT2D eigenvalue weighted by molar-refractivity contribution is 1.14. The van der Waals surface area contributed by atoms with Gasteiger partial charge in [-0.2, -0.15) is 0 Å². The normalized spacial score (nSPS) is 10.4. The summed E-state index contributed by atoms with van der Waals surface area (Å²) in [6.45, 7) is 4.30. The van der Waals surface area contributed by atoms with Crippen LogP contribution in [0.5, 0.6) is 0 Å². The predicted octanol–water partition coefficient (Wildman–Crippen LogP) is 5.25. The van der Waals surface area contributed by atoms with E-state index in [1.807, 2.05) is 7.05 Å². The van der Waals surface area contributed by atoms with E-state index >= 15 is 0 Å². The molecule has 0 aliphatic carbocycles. The van der Waals surface area contributed by atoms with Gasteiger partial charge in [-0.05, 0) is 48.2 Å². The average Bonchev–Trinajstić information content (AvgIpc) is 2.50. The molecule has 2 N–H and O–H groups in total. The first-order valence-electron chi connectivity index (χ1n) is 7.04. The highest BCUT2D eigenvalue weighted by Crippen LogP contribution is 2.34. The fourth-order valence-corrected chi connectivity index (χ4v) is 2.39. The molecule has 0 unspecified atom stereocenters. The lowest BCUT2D eigenvalue weighted by Gasteiger charge is -2.14. The van der Waals surface area contributed by atoms with Crippen LogP contribution in [0.25, 0.3) is 0 Å². The van der Waals surface area contributed by atoms with E-state index in [-0.39, 0.29) is 0 Å². The van der Waals surface area contributed by atoms with Gasteiger partial charge in [-0.1, -0.05) is 37.6 Å². The molecule has 0 saturated carbocycles. The molecular weight excluding hydrogens is 268 g/mol. The molecule has 0 amide bonds. The molecule has 0 spiro atoms. The molecule has 0 aliphatic rings. The SMILES string of the molecule is CCc1ccc(Nc2cc(CC)cc(NC)c2Cl)cc1. The van der Waals surface area contributed by atoms with Gasteiger partial charge in [0.25, 0.3) is 0 Å². The third kappa shape index (κ3) is 3.26. The Morgan fingerprint density at radius 3 is 2.05 bits per heavy atom.